The van der Waals surface area contributed by atoms with Crippen molar-refractivity contribution in [2.75, 3.05) is 0 Å². The maximum absolute atomic E-state index is 10.9. The maximum Gasteiger partial charge on any atom is 0.150 e. The molecule has 2 aliphatic rings. The Morgan fingerprint density at radius 1 is 1.29 bits per heavy atom. The first kappa shape index (κ1) is 10.4. The van der Waals surface area contributed by atoms with Crippen LogP contribution in [0.15, 0.2) is 48.1 Å². The molecule has 0 N–H and O–H groups in total. The van der Waals surface area contributed by atoms with Crippen molar-refractivity contribution >= 4 is 30.2 Å². The fourth-order valence-electron chi connectivity index (χ4n) is 2.00. The number of carbonyl (C=O) groups excluding carboxylic acids is 1. The zero-order valence-electron chi connectivity index (χ0n) is 9.00. The number of rotatable bonds is 1. The molecule has 1 atom stereocenters. The molecule has 0 radical (unpaired) electrons. The van der Waals surface area contributed by atoms with Crippen LogP contribution in [0.5, 0.6) is 0 Å². The van der Waals surface area contributed by atoms with E-state index in [1.807, 2.05) is 36.4 Å². The summed E-state index contributed by atoms with van der Waals surface area (Å²) >= 11 is 1.40. The molecule has 17 heavy (non-hydrogen) atoms. The Balaban J connectivity index is 2.35. The molecule has 1 aliphatic carbocycles. The van der Waals surface area contributed by atoms with Gasteiger partial charge >= 0.3 is 0 Å². The lowest BCUT2D eigenvalue weighted by Crippen LogP contribution is -2.28. The summed E-state index contributed by atoms with van der Waals surface area (Å²) in [6.45, 7) is 0. The SMILES string of the molecule is O=CC1=CC2=c3ccccc3=COSC2C=C1. The molecule has 1 aliphatic heterocycles. The lowest BCUT2D eigenvalue weighted by Gasteiger charge is -2.14. The van der Waals surface area contributed by atoms with Crippen LogP contribution in [0.3, 0.4) is 0 Å². The monoisotopic (exact) mass is 242 g/mol. The van der Waals surface area contributed by atoms with Crippen molar-refractivity contribution in [3.63, 3.8) is 0 Å². The van der Waals surface area contributed by atoms with Crippen LogP contribution in [-0.4, -0.2) is 11.5 Å². The minimum absolute atomic E-state index is 0.151. The van der Waals surface area contributed by atoms with Crippen LogP contribution in [0.2, 0.25) is 0 Å². The highest BCUT2D eigenvalue weighted by molar-refractivity contribution is 7.96. The van der Waals surface area contributed by atoms with E-state index in [0.717, 1.165) is 22.3 Å². The van der Waals surface area contributed by atoms with Crippen molar-refractivity contribution in [3.05, 3.63) is 58.5 Å². The van der Waals surface area contributed by atoms with E-state index < -0.39 is 0 Å². The van der Waals surface area contributed by atoms with E-state index >= 15 is 0 Å². The second kappa shape index (κ2) is 4.26. The molecule has 1 heterocycles. The Morgan fingerprint density at radius 2 is 2.18 bits per heavy atom. The fraction of sp³-hybridized carbons (Fsp3) is 0.0714. The Morgan fingerprint density at radius 3 is 3.06 bits per heavy atom. The van der Waals surface area contributed by atoms with Gasteiger partial charge in [0, 0.05) is 10.8 Å². The normalized spacial score (nSPS) is 21.3. The molecule has 2 nitrogen and oxygen atoms in total. The number of allylic oxidation sites excluding steroid dienone is 3. The summed E-state index contributed by atoms with van der Waals surface area (Å²) in [6, 6.07) is 8.05. The number of carbonyl (C=O) groups is 1. The molecule has 0 aromatic heterocycles. The van der Waals surface area contributed by atoms with Crippen LogP contribution in [-0.2, 0) is 8.98 Å². The minimum atomic E-state index is 0.151. The Kier molecular flexibility index (Phi) is 2.61. The van der Waals surface area contributed by atoms with E-state index in [1.165, 1.54) is 12.0 Å². The van der Waals surface area contributed by atoms with Gasteiger partial charge in [-0.15, -0.1) is 0 Å². The second-order valence-electron chi connectivity index (χ2n) is 3.89. The van der Waals surface area contributed by atoms with Crippen molar-refractivity contribution in [1.29, 1.82) is 0 Å². The summed E-state index contributed by atoms with van der Waals surface area (Å²) in [5, 5.41) is 2.33. The van der Waals surface area contributed by atoms with Crippen LogP contribution < -0.4 is 10.4 Å². The summed E-state index contributed by atoms with van der Waals surface area (Å²) in [5.74, 6) is 0. The van der Waals surface area contributed by atoms with Gasteiger partial charge in [0.2, 0.25) is 0 Å². The molecule has 0 spiro atoms. The van der Waals surface area contributed by atoms with Crippen molar-refractivity contribution in [2.45, 2.75) is 5.25 Å². The number of fused-ring (bicyclic) bond motifs is 2. The molecule has 0 fully saturated rings. The van der Waals surface area contributed by atoms with Crippen molar-refractivity contribution in [3.8, 4) is 0 Å². The molecule has 0 bridgehead atoms. The molecule has 3 rings (SSSR count). The van der Waals surface area contributed by atoms with E-state index in [9.17, 15) is 4.79 Å². The molecule has 1 aromatic carbocycles. The molecule has 0 saturated heterocycles. The van der Waals surface area contributed by atoms with Gasteiger partial charge in [-0.1, -0.05) is 36.4 Å². The molecule has 1 aromatic rings. The summed E-state index contributed by atoms with van der Waals surface area (Å²) in [4.78, 5) is 10.9. The lowest BCUT2D eigenvalue weighted by molar-refractivity contribution is -0.104. The third-order valence-electron chi connectivity index (χ3n) is 2.83. The Labute approximate surface area is 103 Å². The number of benzene rings is 1. The zero-order valence-corrected chi connectivity index (χ0v) is 9.81. The molecule has 1 unspecified atom stereocenters. The van der Waals surface area contributed by atoms with Gasteiger partial charge < -0.3 is 4.18 Å². The van der Waals surface area contributed by atoms with Gasteiger partial charge in [-0.05, 0) is 16.9 Å². The number of hydrogen-bond acceptors (Lipinski definition) is 3. The quantitative estimate of drug-likeness (QED) is 0.549. The molecule has 84 valence electrons. The summed E-state index contributed by atoms with van der Waals surface area (Å²) in [6.07, 6.45) is 8.41. The third-order valence-corrected chi connectivity index (χ3v) is 3.66. The molecular weight excluding hydrogens is 232 g/mol. The topological polar surface area (TPSA) is 26.3 Å². The van der Waals surface area contributed by atoms with Crippen LogP contribution in [0.1, 0.15) is 0 Å². The maximum atomic E-state index is 10.9. The standard InChI is InChI=1S/C14H10O2S/c15-8-10-5-6-14-13(7-10)12-4-2-1-3-11(12)9-16-17-14/h1-9,14H. The van der Waals surface area contributed by atoms with E-state index in [-0.39, 0.29) is 5.25 Å². The third kappa shape index (κ3) is 1.83. The second-order valence-corrected chi connectivity index (χ2v) is 4.79. The van der Waals surface area contributed by atoms with Crippen molar-refractivity contribution in [2.24, 2.45) is 0 Å². The minimum Gasteiger partial charge on any atom is -0.432 e. The van der Waals surface area contributed by atoms with E-state index in [1.54, 1.807) is 6.26 Å². The van der Waals surface area contributed by atoms with Crippen molar-refractivity contribution in [1.82, 2.24) is 0 Å². The van der Waals surface area contributed by atoms with E-state index in [4.69, 9.17) is 4.18 Å². The molecule has 0 saturated carbocycles. The van der Waals surface area contributed by atoms with Crippen molar-refractivity contribution < 1.29 is 8.98 Å². The van der Waals surface area contributed by atoms with Crippen LogP contribution in [0.25, 0.3) is 11.8 Å². The van der Waals surface area contributed by atoms with Gasteiger partial charge in [0.1, 0.15) is 12.5 Å². The van der Waals surface area contributed by atoms with Gasteiger partial charge in [-0.3, -0.25) is 4.79 Å². The Bertz CT molecular complexity index is 640. The predicted octanol–water partition coefficient (Wildman–Crippen LogP) is 1.32. The van der Waals surface area contributed by atoms with Crippen LogP contribution >= 0.6 is 12.0 Å². The number of aldehydes is 1. The average Bonchev–Trinajstić information content (AvgIpc) is 2.57. The van der Waals surface area contributed by atoms with E-state index in [2.05, 4.69) is 6.07 Å². The molecule has 0 amide bonds. The first-order chi connectivity index (χ1) is 8.38. The van der Waals surface area contributed by atoms with Gasteiger partial charge in [-0.25, -0.2) is 0 Å². The summed E-state index contributed by atoms with van der Waals surface area (Å²) in [7, 11) is 0. The number of hydrogen-bond donors (Lipinski definition) is 0. The van der Waals surface area contributed by atoms with E-state index in [0.29, 0.717) is 5.57 Å². The lowest BCUT2D eigenvalue weighted by atomic mass is 9.99. The summed E-state index contributed by atoms with van der Waals surface area (Å²) in [5.41, 5.74) is 1.83. The zero-order chi connectivity index (χ0) is 11.7. The highest BCUT2D eigenvalue weighted by Gasteiger charge is 2.18. The van der Waals surface area contributed by atoms with Gasteiger partial charge in [0.15, 0.2) is 0 Å². The van der Waals surface area contributed by atoms with Crippen LogP contribution in [0, 0.1) is 0 Å². The molecule has 3 heteroatoms. The smallest absolute Gasteiger partial charge is 0.150 e. The predicted molar refractivity (Wildman–Crippen MR) is 69.3 cm³/mol. The van der Waals surface area contributed by atoms with Gasteiger partial charge in [0.25, 0.3) is 0 Å². The van der Waals surface area contributed by atoms with Gasteiger partial charge in [0.05, 0.1) is 17.3 Å². The molecular formula is C14H10O2S. The summed E-state index contributed by atoms with van der Waals surface area (Å²) < 4.78 is 5.46. The van der Waals surface area contributed by atoms with Gasteiger partial charge in [-0.2, -0.15) is 0 Å². The van der Waals surface area contributed by atoms with Crippen LogP contribution in [0.4, 0.5) is 0 Å². The first-order valence-electron chi connectivity index (χ1n) is 5.35. The highest BCUT2D eigenvalue weighted by Crippen LogP contribution is 2.28. The first-order valence-corrected chi connectivity index (χ1v) is 6.15. The Hall–Kier alpha value is -1.74. The highest BCUT2D eigenvalue weighted by atomic mass is 32.2. The average molecular weight is 242 g/mol. The largest absolute Gasteiger partial charge is 0.432 e. The fourth-order valence-corrected chi connectivity index (χ4v) is 2.72.